The molecule has 2 aromatic carbocycles. The Balaban J connectivity index is 1.87. The maximum absolute atomic E-state index is 9.61. The van der Waals surface area contributed by atoms with Gasteiger partial charge in [0.25, 0.3) is 0 Å². The van der Waals surface area contributed by atoms with Gasteiger partial charge in [0, 0.05) is 12.6 Å². The lowest BCUT2D eigenvalue weighted by Gasteiger charge is -2.33. The zero-order chi connectivity index (χ0) is 14.1. The van der Waals surface area contributed by atoms with Crippen molar-refractivity contribution in [3.05, 3.63) is 35.9 Å². The van der Waals surface area contributed by atoms with E-state index in [4.69, 9.17) is 0 Å². The fourth-order valence-corrected chi connectivity index (χ4v) is 3.05. The largest absolute Gasteiger partial charge is 0.504 e. The van der Waals surface area contributed by atoms with E-state index in [0.717, 1.165) is 17.3 Å². The number of rotatable bonds is 2. The summed E-state index contributed by atoms with van der Waals surface area (Å²) in [6.45, 7) is 4.42. The van der Waals surface area contributed by atoms with Gasteiger partial charge in [0.1, 0.15) is 0 Å². The summed E-state index contributed by atoms with van der Waals surface area (Å²) in [5, 5.41) is 21.1. The van der Waals surface area contributed by atoms with Gasteiger partial charge in [-0.05, 0) is 60.8 Å². The molecule has 0 spiro atoms. The Kier molecular flexibility index (Phi) is 3.53. The lowest BCUT2D eigenvalue weighted by Crippen LogP contribution is -2.36. The Labute approximate surface area is 119 Å². The molecule has 0 aromatic heterocycles. The molecule has 3 nitrogen and oxygen atoms in total. The van der Waals surface area contributed by atoms with Crippen molar-refractivity contribution in [2.75, 3.05) is 6.54 Å². The van der Waals surface area contributed by atoms with Crippen LogP contribution in [-0.2, 0) is 6.54 Å². The van der Waals surface area contributed by atoms with E-state index < -0.39 is 0 Å². The van der Waals surface area contributed by atoms with E-state index in [9.17, 15) is 10.2 Å². The van der Waals surface area contributed by atoms with E-state index >= 15 is 0 Å². The quantitative estimate of drug-likeness (QED) is 0.820. The van der Waals surface area contributed by atoms with Crippen LogP contribution < -0.4 is 0 Å². The number of likely N-dealkylation sites (tertiary alicyclic amines) is 1. The van der Waals surface area contributed by atoms with Gasteiger partial charge >= 0.3 is 0 Å². The lowest BCUT2D eigenvalue weighted by atomic mass is 10.0. The van der Waals surface area contributed by atoms with E-state index in [1.165, 1.54) is 31.4 Å². The molecule has 1 aliphatic heterocycles. The van der Waals surface area contributed by atoms with Gasteiger partial charge in [-0.3, -0.25) is 4.90 Å². The van der Waals surface area contributed by atoms with Crippen molar-refractivity contribution in [3.8, 4) is 11.5 Å². The highest BCUT2D eigenvalue weighted by atomic mass is 16.3. The van der Waals surface area contributed by atoms with Crippen LogP contribution in [0.1, 0.15) is 31.7 Å². The molecular weight excluding hydrogens is 250 g/mol. The van der Waals surface area contributed by atoms with Gasteiger partial charge in [0.15, 0.2) is 11.5 Å². The Bertz CT molecular complexity index is 624. The zero-order valence-electron chi connectivity index (χ0n) is 11.8. The number of piperidine rings is 1. The lowest BCUT2D eigenvalue weighted by molar-refractivity contribution is 0.152. The van der Waals surface area contributed by atoms with E-state index in [2.05, 4.69) is 24.0 Å². The monoisotopic (exact) mass is 271 g/mol. The van der Waals surface area contributed by atoms with Gasteiger partial charge < -0.3 is 10.2 Å². The number of aromatic hydroxyl groups is 2. The second kappa shape index (κ2) is 5.33. The number of fused-ring (bicyclic) bond motifs is 1. The molecule has 0 saturated carbocycles. The van der Waals surface area contributed by atoms with Gasteiger partial charge in [-0.1, -0.05) is 18.6 Å². The fraction of sp³-hybridized carbons (Fsp3) is 0.412. The first-order valence-corrected chi connectivity index (χ1v) is 7.32. The Morgan fingerprint density at radius 1 is 1.05 bits per heavy atom. The van der Waals surface area contributed by atoms with Gasteiger partial charge in [-0.2, -0.15) is 0 Å². The van der Waals surface area contributed by atoms with Gasteiger partial charge in [0.2, 0.25) is 0 Å². The summed E-state index contributed by atoms with van der Waals surface area (Å²) in [5.74, 6) is -0.115. The standard InChI is InChI=1S/C17H21NO2/c1-12-4-2-3-7-18(12)11-13-5-6-14-9-16(19)17(20)10-15(14)8-13/h5-6,8-10,12,19-20H,2-4,7,11H2,1H3. The van der Waals surface area contributed by atoms with E-state index in [1.54, 1.807) is 12.1 Å². The number of hydrogen-bond acceptors (Lipinski definition) is 3. The zero-order valence-corrected chi connectivity index (χ0v) is 11.8. The van der Waals surface area contributed by atoms with Crippen molar-refractivity contribution >= 4 is 10.8 Å². The van der Waals surface area contributed by atoms with E-state index in [-0.39, 0.29) is 11.5 Å². The summed E-state index contributed by atoms with van der Waals surface area (Å²) in [6.07, 6.45) is 3.90. The van der Waals surface area contributed by atoms with Gasteiger partial charge in [-0.25, -0.2) is 0 Å². The molecule has 0 amide bonds. The molecule has 1 saturated heterocycles. The van der Waals surface area contributed by atoms with Crippen LogP contribution in [0.15, 0.2) is 30.3 Å². The maximum atomic E-state index is 9.61. The smallest absolute Gasteiger partial charge is 0.158 e. The Morgan fingerprint density at radius 3 is 2.55 bits per heavy atom. The van der Waals surface area contributed by atoms with E-state index in [1.807, 2.05) is 6.07 Å². The van der Waals surface area contributed by atoms with Crippen LogP contribution in [0.5, 0.6) is 11.5 Å². The highest BCUT2D eigenvalue weighted by molar-refractivity contribution is 5.86. The van der Waals surface area contributed by atoms with Crippen molar-refractivity contribution < 1.29 is 10.2 Å². The molecule has 1 fully saturated rings. The molecule has 106 valence electrons. The van der Waals surface area contributed by atoms with Crippen LogP contribution in [0.25, 0.3) is 10.8 Å². The van der Waals surface area contributed by atoms with Crippen molar-refractivity contribution in [2.45, 2.75) is 38.8 Å². The van der Waals surface area contributed by atoms with E-state index in [0.29, 0.717) is 6.04 Å². The topological polar surface area (TPSA) is 43.7 Å². The van der Waals surface area contributed by atoms with Crippen LogP contribution in [-0.4, -0.2) is 27.7 Å². The minimum Gasteiger partial charge on any atom is -0.504 e. The fourth-order valence-electron chi connectivity index (χ4n) is 3.05. The highest BCUT2D eigenvalue weighted by Gasteiger charge is 2.18. The minimum absolute atomic E-state index is 0.0546. The molecule has 2 N–H and O–H groups in total. The summed E-state index contributed by atoms with van der Waals surface area (Å²) in [4.78, 5) is 2.52. The Morgan fingerprint density at radius 2 is 1.80 bits per heavy atom. The molecule has 0 radical (unpaired) electrons. The predicted molar refractivity (Wildman–Crippen MR) is 81.0 cm³/mol. The molecule has 3 rings (SSSR count). The average molecular weight is 271 g/mol. The number of hydrogen-bond donors (Lipinski definition) is 2. The van der Waals surface area contributed by atoms with Crippen LogP contribution in [0, 0.1) is 0 Å². The molecule has 1 unspecified atom stereocenters. The molecule has 20 heavy (non-hydrogen) atoms. The molecule has 0 aliphatic carbocycles. The van der Waals surface area contributed by atoms with Crippen molar-refractivity contribution in [1.29, 1.82) is 0 Å². The summed E-state index contributed by atoms with van der Waals surface area (Å²) in [5.41, 5.74) is 1.26. The molecule has 1 aliphatic rings. The first-order valence-electron chi connectivity index (χ1n) is 7.32. The number of benzene rings is 2. The Hall–Kier alpha value is -1.74. The third-order valence-corrected chi connectivity index (χ3v) is 4.32. The first-order chi connectivity index (χ1) is 9.63. The van der Waals surface area contributed by atoms with Crippen LogP contribution in [0.4, 0.5) is 0 Å². The van der Waals surface area contributed by atoms with Crippen LogP contribution in [0.2, 0.25) is 0 Å². The van der Waals surface area contributed by atoms with Gasteiger partial charge in [0.05, 0.1) is 0 Å². The third kappa shape index (κ3) is 2.59. The van der Waals surface area contributed by atoms with Crippen molar-refractivity contribution in [2.24, 2.45) is 0 Å². The molecule has 1 atom stereocenters. The second-order valence-electron chi connectivity index (χ2n) is 5.84. The van der Waals surface area contributed by atoms with Crippen LogP contribution >= 0.6 is 0 Å². The second-order valence-corrected chi connectivity index (χ2v) is 5.84. The number of phenols is 2. The average Bonchev–Trinajstić information content (AvgIpc) is 2.43. The molecule has 3 heteroatoms. The normalized spacial score (nSPS) is 20.4. The molecule has 2 aromatic rings. The SMILES string of the molecule is CC1CCCCN1Cc1ccc2cc(O)c(O)cc2c1. The van der Waals surface area contributed by atoms with Crippen molar-refractivity contribution in [3.63, 3.8) is 0 Å². The van der Waals surface area contributed by atoms with Crippen LogP contribution in [0.3, 0.4) is 0 Å². The predicted octanol–water partition coefficient (Wildman–Crippen LogP) is 3.63. The first kappa shape index (κ1) is 13.3. The molecule has 1 heterocycles. The summed E-state index contributed by atoms with van der Waals surface area (Å²) >= 11 is 0. The minimum atomic E-state index is -0.0603. The van der Waals surface area contributed by atoms with Gasteiger partial charge in [-0.15, -0.1) is 0 Å². The number of phenolic OH excluding ortho intramolecular Hbond substituents is 2. The summed E-state index contributed by atoms with van der Waals surface area (Å²) < 4.78 is 0. The molecular formula is C17H21NO2. The molecule has 0 bridgehead atoms. The summed E-state index contributed by atoms with van der Waals surface area (Å²) in [6, 6.07) is 10.1. The number of nitrogens with zero attached hydrogens (tertiary/aromatic N) is 1. The van der Waals surface area contributed by atoms with Crippen molar-refractivity contribution in [1.82, 2.24) is 4.90 Å². The highest BCUT2D eigenvalue weighted by Crippen LogP contribution is 2.31. The maximum Gasteiger partial charge on any atom is 0.158 e. The third-order valence-electron chi connectivity index (χ3n) is 4.32. The summed E-state index contributed by atoms with van der Waals surface area (Å²) in [7, 11) is 0.